The molecule has 0 aliphatic carbocycles. The van der Waals surface area contributed by atoms with Crippen molar-refractivity contribution in [1.82, 2.24) is 4.98 Å². The van der Waals surface area contributed by atoms with Crippen LogP contribution >= 0.6 is 11.6 Å². The average molecular weight is 423 g/mol. The van der Waals surface area contributed by atoms with Gasteiger partial charge in [0, 0.05) is 32.8 Å². The van der Waals surface area contributed by atoms with Gasteiger partial charge in [-0.25, -0.2) is 4.57 Å². The summed E-state index contributed by atoms with van der Waals surface area (Å²) in [7, 11) is 2.06. The standard InChI is InChI=1S/C18H15ClN2.HI/c1-10-15-9-21(3)7-6-13(15)11(2)18-17(10)14-8-12(19)4-5-16(14)20-18;/h4-9H,1-3H3;1H. The van der Waals surface area contributed by atoms with Gasteiger partial charge in [0.25, 0.3) is 0 Å². The number of aromatic amines is 1. The van der Waals surface area contributed by atoms with E-state index >= 15 is 0 Å². The first-order chi connectivity index (χ1) is 10.1. The Balaban J connectivity index is 0.00000144. The summed E-state index contributed by atoms with van der Waals surface area (Å²) in [6, 6.07) is 8.23. The van der Waals surface area contributed by atoms with Crippen molar-refractivity contribution < 1.29 is 28.5 Å². The number of pyridine rings is 1. The summed E-state index contributed by atoms with van der Waals surface area (Å²) in [6.07, 6.45) is 4.29. The minimum absolute atomic E-state index is 0. The molecule has 0 amide bonds. The number of hydrogen-bond donors (Lipinski definition) is 1. The SMILES string of the molecule is Cc1c2cc[n+](C)cc2c(C)c2c1[nH]c1ccc(Cl)cc12.[I-]. The van der Waals surface area contributed by atoms with E-state index in [0.717, 1.165) is 10.5 Å². The first kappa shape index (κ1) is 15.6. The Labute approximate surface area is 151 Å². The number of benzene rings is 2. The number of nitrogens with zero attached hydrogens (tertiary/aromatic N) is 1. The molecule has 2 nitrogen and oxygen atoms in total. The second-order valence-corrected chi connectivity index (χ2v) is 6.19. The number of fused-ring (bicyclic) bond motifs is 4. The second-order valence-electron chi connectivity index (χ2n) is 5.75. The lowest BCUT2D eigenvalue weighted by Gasteiger charge is -2.07. The van der Waals surface area contributed by atoms with E-state index in [1.165, 1.54) is 38.2 Å². The van der Waals surface area contributed by atoms with Crippen molar-refractivity contribution in [2.24, 2.45) is 7.05 Å². The highest BCUT2D eigenvalue weighted by Gasteiger charge is 2.15. The maximum Gasteiger partial charge on any atom is 0.176 e. The van der Waals surface area contributed by atoms with Crippen molar-refractivity contribution >= 4 is 44.2 Å². The van der Waals surface area contributed by atoms with Gasteiger partial charge >= 0.3 is 0 Å². The minimum Gasteiger partial charge on any atom is -1.00 e. The van der Waals surface area contributed by atoms with Crippen molar-refractivity contribution in [1.29, 1.82) is 0 Å². The lowest BCUT2D eigenvalue weighted by molar-refractivity contribution is -0.670. The van der Waals surface area contributed by atoms with Crippen LogP contribution in [0.3, 0.4) is 0 Å². The summed E-state index contributed by atoms with van der Waals surface area (Å²) < 4.78 is 2.10. The molecule has 1 N–H and O–H groups in total. The molecule has 4 heteroatoms. The van der Waals surface area contributed by atoms with Gasteiger partial charge in [-0.2, -0.15) is 0 Å². The maximum atomic E-state index is 6.19. The van der Waals surface area contributed by atoms with Gasteiger partial charge < -0.3 is 29.0 Å². The van der Waals surface area contributed by atoms with E-state index in [0.29, 0.717) is 0 Å². The highest BCUT2D eigenvalue weighted by molar-refractivity contribution is 6.32. The van der Waals surface area contributed by atoms with E-state index in [-0.39, 0.29) is 24.0 Å². The number of aromatic nitrogens is 2. The molecule has 0 atom stereocenters. The number of hydrogen-bond acceptors (Lipinski definition) is 0. The maximum absolute atomic E-state index is 6.19. The fourth-order valence-corrected chi connectivity index (χ4v) is 3.50. The molecular weight excluding hydrogens is 407 g/mol. The molecule has 0 unspecified atom stereocenters. The Kier molecular flexibility index (Phi) is 3.81. The van der Waals surface area contributed by atoms with Crippen LogP contribution in [0.1, 0.15) is 11.1 Å². The van der Waals surface area contributed by atoms with Crippen molar-refractivity contribution in [3.8, 4) is 0 Å². The number of nitrogens with one attached hydrogen (secondary N) is 1. The van der Waals surface area contributed by atoms with E-state index in [1.54, 1.807) is 0 Å². The summed E-state index contributed by atoms with van der Waals surface area (Å²) in [5.41, 5.74) is 4.94. The monoisotopic (exact) mass is 422 g/mol. The van der Waals surface area contributed by atoms with E-state index < -0.39 is 0 Å². The molecule has 0 radical (unpaired) electrons. The molecule has 4 aromatic rings. The smallest absolute Gasteiger partial charge is 0.176 e. The van der Waals surface area contributed by atoms with Gasteiger partial charge in [0.1, 0.15) is 7.05 Å². The Morgan fingerprint density at radius 3 is 2.55 bits per heavy atom. The van der Waals surface area contributed by atoms with Crippen molar-refractivity contribution in [2.75, 3.05) is 0 Å². The van der Waals surface area contributed by atoms with Crippen LogP contribution in [-0.2, 0) is 7.05 Å². The zero-order valence-electron chi connectivity index (χ0n) is 12.7. The minimum atomic E-state index is 0. The molecular formula is C18H16ClIN2. The fourth-order valence-electron chi connectivity index (χ4n) is 3.33. The molecule has 0 bridgehead atoms. The third-order valence-corrected chi connectivity index (χ3v) is 4.65. The highest BCUT2D eigenvalue weighted by Crippen LogP contribution is 2.36. The molecule has 2 aromatic heterocycles. The van der Waals surface area contributed by atoms with Crippen LogP contribution in [0.2, 0.25) is 5.02 Å². The van der Waals surface area contributed by atoms with Crippen LogP contribution in [0.15, 0.2) is 36.7 Å². The van der Waals surface area contributed by atoms with Gasteiger partial charge in [-0.1, -0.05) is 11.6 Å². The quantitative estimate of drug-likeness (QED) is 0.328. The Bertz CT molecular complexity index is 1030. The van der Waals surface area contributed by atoms with Crippen LogP contribution in [0, 0.1) is 13.8 Å². The first-order valence-corrected chi connectivity index (χ1v) is 7.43. The molecule has 0 aliphatic heterocycles. The molecule has 112 valence electrons. The number of rotatable bonds is 0. The Morgan fingerprint density at radius 1 is 1.00 bits per heavy atom. The summed E-state index contributed by atoms with van der Waals surface area (Å²) in [4.78, 5) is 3.56. The van der Waals surface area contributed by atoms with Crippen LogP contribution in [0.25, 0.3) is 32.6 Å². The normalized spacial score (nSPS) is 11.3. The molecule has 0 aliphatic rings. The molecule has 0 saturated carbocycles. The topological polar surface area (TPSA) is 19.7 Å². The highest BCUT2D eigenvalue weighted by atomic mass is 127. The third-order valence-electron chi connectivity index (χ3n) is 4.42. The fraction of sp³-hybridized carbons (Fsp3) is 0.167. The Morgan fingerprint density at radius 2 is 1.77 bits per heavy atom. The lowest BCUT2D eigenvalue weighted by Crippen LogP contribution is -3.00. The molecule has 0 fully saturated rings. The van der Waals surface area contributed by atoms with Crippen molar-refractivity contribution in [3.05, 3.63) is 52.8 Å². The Hall–Kier alpha value is -1.33. The van der Waals surface area contributed by atoms with Crippen LogP contribution < -0.4 is 28.5 Å². The van der Waals surface area contributed by atoms with Gasteiger partial charge in [-0.3, -0.25) is 0 Å². The van der Waals surface area contributed by atoms with Crippen LogP contribution in [-0.4, -0.2) is 4.98 Å². The number of halogens is 2. The largest absolute Gasteiger partial charge is 1.00 e. The van der Waals surface area contributed by atoms with Gasteiger partial charge in [0.15, 0.2) is 12.4 Å². The van der Waals surface area contributed by atoms with Gasteiger partial charge in [-0.15, -0.1) is 0 Å². The van der Waals surface area contributed by atoms with E-state index in [1.807, 2.05) is 6.07 Å². The third kappa shape index (κ3) is 2.10. The number of H-pyrrole nitrogens is 1. The van der Waals surface area contributed by atoms with E-state index in [9.17, 15) is 0 Å². The summed E-state index contributed by atoms with van der Waals surface area (Å²) >= 11 is 6.19. The zero-order valence-corrected chi connectivity index (χ0v) is 15.6. The summed E-state index contributed by atoms with van der Waals surface area (Å²) in [5.74, 6) is 0. The van der Waals surface area contributed by atoms with Crippen LogP contribution in [0.5, 0.6) is 0 Å². The van der Waals surface area contributed by atoms with E-state index in [4.69, 9.17) is 11.6 Å². The second kappa shape index (κ2) is 5.39. The van der Waals surface area contributed by atoms with Crippen molar-refractivity contribution in [2.45, 2.75) is 13.8 Å². The van der Waals surface area contributed by atoms with Crippen LogP contribution in [0.4, 0.5) is 0 Å². The van der Waals surface area contributed by atoms with E-state index in [2.05, 4.69) is 61.0 Å². The lowest BCUT2D eigenvalue weighted by atomic mass is 9.97. The molecule has 4 rings (SSSR count). The molecule has 2 aromatic carbocycles. The van der Waals surface area contributed by atoms with Gasteiger partial charge in [-0.05, 0) is 48.6 Å². The molecule has 0 spiro atoms. The average Bonchev–Trinajstić information content (AvgIpc) is 2.83. The molecule has 22 heavy (non-hydrogen) atoms. The van der Waals surface area contributed by atoms with Crippen molar-refractivity contribution in [3.63, 3.8) is 0 Å². The molecule has 0 saturated heterocycles. The van der Waals surface area contributed by atoms with Gasteiger partial charge in [0.2, 0.25) is 0 Å². The predicted octanol–water partition coefficient (Wildman–Crippen LogP) is 1.57. The zero-order chi connectivity index (χ0) is 14.7. The predicted molar refractivity (Wildman–Crippen MR) is 89.0 cm³/mol. The van der Waals surface area contributed by atoms with Gasteiger partial charge in [0.05, 0.1) is 5.52 Å². The molecule has 2 heterocycles. The number of aryl methyl sites for hydroxylation is 3. The summed E-state index contributed by atoms with van der Waals surface area (Å²) in [6.45, 7) is 4.37. The summed E-state index contributed by atoms with van der Waals surface area (Å²) in [5, 5.41) is 5.86. The first-order valence-electron chi connectivity index (χ1n) is 7.05.